The normalized spacial score (nSPS) is 18.3. The van der Waals surface area contributed by atoms with Gasteiger partial charge >= 0.3 is 5.97 Å². The summed E-state index contributed by atoms with van der Waals surface area (Å²) in [7, 11) is 0. The van der Waals surface area contributed by atoms with Crippen LogP contribution < -0.4 is 0 Å². The molecule has 92 valence electrons. The summed E-state index contributed by atoms with van der Waals surface area (Å²) in [5.41, 5.74) is -0.0499. The number of hydrogen-bond acceptors (Lipinski definition) is 1. The minimum atomic E-state index is -1.08. The smallest absolute Gasteiger partial charge is 0.314 e. The molecule has 0 unspecified atom stereocenters. The molecule has 1 aromatic carbocycles. The van der Waals surface area contributed by atoms with Crippen molar-refractivity contribution < 1.29 is 14.3 Å². The summed E-state index contributed by atoms with van der Waals surface area (Å²) in [6.45, 7) is 1.79. The molecule has 0 bridgehead atoms. The van der Waals surface area contributed by atoms with Crippen LogP contribution >= 0.6 is 11.6 Å². The molecule has 0 saturated heterocycles. The van der Waals surface area contributed by atoms with E-state index in [1.807, 2.05) is 0 Å². The van der Waals surface area contributed by atoms with Crippen LogP contribution in [0.2, 0.25) is 5.02 Å². The highest BCUT2D eigenvalue weighted by molar-refractivity contribution is 6.30. The van der Waals surface area contributed by atoms with Crippen LogP contribution in [0, 0.1) is 12.7 Å². The van der Waals surface area contributed by atoms with E-state index in [4.69, 9.17) is 11.6 Å². The van der Waals surface area contributed by atoms with Gasteiger partial charge in [-0.1, -0.05) is 30.5 Å². The lowest BCUT2D eigenvalue weighted by Gasteiger charge is -2.25. The molecular weight excluding hydrogens is 243 g/mol. The van der Waals surface area contributed by atoms with Crippen LogP contribution in [0.15, 0.2) is 12.1 Å². The predicted octanol–water partition coefficient (Wildman–Crippen LogP) is 3.68. The summed E-state index contributed by atoms with van der Waals surface area (Å²) in [4.78, 5) is 11.5. The summed E-state index contributed by atoms with van der Waals surface area (Å²) in [6.07, 6.45) is 2.60. The van der Waals surface area contributed by atoms with Crippen molar-refractivity contribution in [3.63, 3.8) is 0 Å². The zero-order valence-electron chi connectivity index (χ0n) is 9.59. The van der Waals surface area contributed by atoms with Crippen LogP contribution in [-0.4, -0.2) is 11.1 Å². The second-order valence-corrected chi connectivity index (χ2v) is 5.11. The fourth-order valence-electron chi connectivity index (χ4n) is 2.65. The molecule has 1 saturated carbocycles. The van der Waals surface area contributed by atoms with Crippen LogP contribution in [0.4, 0.5) is 4.39 Å². The van der Waals surface area contributed by atoms with E-state index in [0.29, 0.717) is 12.8 Å². The number of carbonyl (C=O) groups is 1. The molecule has 2 rings (SSSR count). The fourth-order valence-corrected chi connectivity index (χ4v) is 2.92. The monoisotopic (exact) mass is 256 g/mol. The maximum Gasteiger partial charge on any atom is 0.314 e. The van der Waals surface area contributed by atoms with E-state index in [9.17, 15) is 14.3 Å². The van der Waals surface area contributed by atoms with E-state index in [2.05, 4.69) is 0 Å². The highest BCUT2D eigenvalue weighted by Gasteiger charge is 2.45. The third-order valence-electron chi connectivity index (χ3n) is 3.55. The molecule has 1 aliphatic rings. The molecule has 1 aliphatic carbocycles. The Bertz CT molecular complexity index is 465. The van der Waals surface area contributed by atoms with Gasteiger partial charge in [-0.05, 0) is 31.4 Å². The average Bonchev–Trinajstić information content (AvgIpc) is 2.73. The maximum absolute atomic E-state index is 14.0. The van der Waals surface area contributed by atoms with Crippen molar-refractivity contribution in [1.82, 2.24) is 0 Å². The lowest BCUT2D eigenvalue weighted by Crippen LogP contribution is -2.33. The maximum atomic E-state index is 14.0. The molecule has 0 amide bonds. The van der Waals surface area contributed by atoms with Crippen LogP contribution in [0.3, 0.4) is 0 Å². The second-order valence-electron chi connectivity index (χ2n) is 4.70. The Kier molecular flexibility index (Phi) is 3.13. The molecule has 4 heteroatoms. The second kappa shape index (κ2) is 4.30. The molecular formula is C13H14ClFO2. The molecule has 0 spiro atoms. The van der Waals surface area contributed by atoms with Crippen molar-refractivity contribution in [2.75, 3.05) is 0 Å². The quantitative estimate of drug-likeness (QED) is 0.876. The standard InChI is InChI=1S/C13H14ClFO2/c1-8-6-9(11(15)10(14)7-8)13(12(16)17)4-2-3-5-13/h6-7H,2-5H2,1H3,(H,16,17). The van der Waals surface area contributed by atoms with Gasteiger partial charge in [-0.2, -0.15) is 0 Å². The molecule has 0 radical (unpaired) electrons. The molecule has 0 aromatic heterocycles. The molecule has 0 atom stereocenters. The van der Waals surface area contributed by atoms with Gasteiger partial charge in [0.2, 0.25) is 0 Å². The number of carboxylic acid groups (broad SMARTS) is 1. The molecule has 17 heavy (non-hydrogen) atoms. The average molecular weight is 257 g/mol. The summed E-state index contributed by atoms with van der Waals surface area (Å²) >= 11 is 5.80. The van der Waals surface area contributed by atoms with Crippen molar-refractivity contribution in [3.8, 4) is 0 Å². The van der Waals surface area contributed by atoms with E-state index in [0.717, 1.165) is 18.4 Å². The number of hydrogen-bond donors (Lipinski definition) is 1. The first-order valence-corrected chi connectivity index (χ1v) is 6.05. The Morgan fingerprint density at radius 3 is 2.53 bits per heavy atom. The molecule has 1 fully saturated rings. The van der Waals surface area contributed by atoms with Crippen molar-refractivity contribution in [2.45, 2.75) is 38.0 Å². The topological polar surface area (TPSA) is 37.3 Å². The Hall–Kier alpha value is -1.09. The van der Waals surface area contributed by atoms with Crippen LogP contribution in [0.5, 0.6) is 0 Å². The van der Waals surface area contributed by atoms with Crippen molar-refractivity contribution in [3.05, 3.63) is 34.1 Å². The largest absolute Gasteiger partial charge is 0.481 e. The van der Waals surface area contributed by atoms with E-state index < -0.39 is 17.2 Å². The van der Waals surface area contributed by atoms with Crippen molar-refractivity contribution in [1.29, 1.82) is 0 Å². The summed E-state index contributed by atoms with van der Waals surface area (Å²) < 4.78 is 14.0. The summed E-state index contributed by atoms with van der Waals surface area (Å²) in [5, 5.41) is 9.42. The number of aliphatic carboxylic acids is 1. The number of aryl methyl sites for hydroxylation is 1. The van der Waals surface area contributed by atoms with E-state index in [1.165, 1.54) is 6.07 Å². The van der Waals surface area contributed by atoms with Crippen molar-refractivity contribution in [2.24, 2.45) is 0 Å². The van der Waals surface area contributed by atoms with Crippen LogP contribution in [-0.2, 0) is 10.2 Å². The zero-order valence-corrected chi connectivity index (χ0v) is 10.4. The zero-order chi connectivity index (χ0) is 12.6. The Labute approximate surface area is 104 Å². The van der Waals surface area contributed by atoms with Gasteiger partial charge in [-0.3, -0.25) is 4.79 Å². The van der Waals surface area contributed by atoms with Crippen LogP contribution in [0.1, 0.15) is 36.8 Å². The van der Waals surface area contributed by atoms with Gasteiger partial charge in [-0.15, -0.1) is 0 Å². The van der Waals surface area contributed by atoms with E-state index in [-0.39, 0.29) is 10.6 Å². The highest BCUT2D eigenvalue weighted by atomic mass is 35.5. The minimum absolute atomic E-state index is 0.00697. The Morgan fingerprint density at radius 1 is 1.41 bits per heavy atom. The van der Waals surface area contributed by atoms with Gasteiger partial charge < -0.3 is 5.11 Å². The lowest BCUT2D eigenvalue weighted by molar-refractivity contribution is -0.143. The lowest BCUT2D eigenvalue weighted by atomic mass is 9.78. The van der Waals surface area contributed by atoms with Gasteiger partial charge in [0.05, 0.1) is 10.4 Å². The first-order valence-electron chi connectivity index (χ1n) is 5.67. The summed E-state index contributed by atoms with van der Waals surface area (Å²) in [6, 6.07) is 3.13. The Balaban J connectivity index is 2.62. The third kappa shape index (κ3) is 1.93. The van der Waals surface area contributed by atoms with Gasteiger partial charge in [0.25, 0.3) is 0 Å². The fraction of sp³-hybridized carbons (Fsp3) is 0.462. The van der Waals surface area contributed by atoms with Gasteiger partial charge in [0.1, 0.15) is 5.82 Å². The van der Waals surface area contributed by atoms with Gasteiger partial charge in [-0.25, -0.2) is 4.39 Å². The van der Waals surface area contributed by atoms with Gasteiger partial charge in [0.15, 0.2) is 0 Å². The molecule has 2 nitrogen and oxygen atoms in total. The predicted molar refractivity (Wildman–Crippen MR) is 63.9 cm³/mol. The molecule has 1 aromatic rings. The minimum Gasteiger partial charge on any atom is -0.481 e. The molecule has 0 aliphatic heterocycles. The van der Waals surface area contributed by atoms with Crippen LogP contribution in [0.25, 0.3) is 0 Å². The van der Waals surface area contributed by atoms with Crippen molar-refractivity contribution >= 4 is 17.6 Å². The number of rotatable bonds is 2. The first-order chi connectivity index (χ1) is 7.97. The number of carboxylic acids is 1. The van der Waals surface area contributed by atoms with Gasteiger partial charge in [0, 0.05) is 5.56 Å². The molecule has 0 heterocycles. The number of halogens is 2. The third-order valence-corrected chi connectivity index (χ3v) is 3.83. The van der Waals surface area contributed by atoms with E-state index in [1.54, 1.807) is 13.0 Å². The first kappa shape index (κ1) is 12.4. The Morgan fingerprint density at radius 2 is 2.00 bits per heavy atom. The highest BCUT2D eigenvalue weighted by Crippen LogP contribution is 2.43. The SMILES string of the molecule is Cc1cc(Cl)c(F)c(C2(C(=O)O)CCCC2)c1. The summed E-state index contributed by atoms with van der Waals surface area (Å²) in [5.74, 6) is -1.53. The molecule has 1 N–H and O–H groups in total. The number of benzene rings is 1. The van der Waals surface area contributed by atoms with E-state index >= 15 is 0 Å².